The number of para-hydroxylation sites is 1. The van der Waals surface area contributed by atoms with Crippen molar-refractivity contribution in [1.29, 1.82) is 0 Å². The lowest BCUT2D eigenvalue weighted by atomic mass is 10.1. The normalized spacial score (nSPS) is 18.4. The van der Waals surface area contributed by atoms with Crippen molar-refractivity contribution in [2.75, 3.05) is 25.0 Å². The number of hydrogen-bond acceptors (Lipinski definition) is 2. The molecule has 1 aromatic carbocycles. The van der Waals surface area contributed by atoms with Gasteiger partial charge in [-0.05, 0) is 56.0 Å². The molecule has 0 amide bonds. The zero-order valence-corrected chi connectivity index (χ0v) is 13.7. The van der Waals surface area contributed by atoms with Gasteiger partial charge in [-0.3, -0.25) is 0 Å². The molecule has 1 N–H and O–H groups in total. The van der Waals surface area contributed by atoms with E-state index in [1.54, 1.807) is 0 Å². The smallest absolute Gasteiger partial charge is 0.169 e. The number of anilines is 1. The highest BCUT2D eigenvalue weighted by Crippen LogP contribution is 2.25. The van der Waals surface area contributed by atoms with Crippen LogP contribution >= 0.6 is 12.2 Å². The van der Waals surface area contributed by atoms with Crippen molar-refractivity contribution in [3.8, 4) is 0 Å². The van der Waals surface area contributed by atoms with E-state index >= 15 is 0 Å². The van der Waals surface area contributed by atoms with E-state index in [-0.39, 0.29) is 0 Å². The molecular formula is C17H25N3S. The molecule has 2 aliphatic rings. The summed E-state index contributed by atoms with van der Waals surface area (Å²) in [5.41, 5.74) is 2.76. The van der Waals surface area contributed by atoms with Crippen LogP contribution in [0.15, 0.2) is 24.3 Å². The molecule has 0 aromatic heterocycles. The SMILES string of the molecule is CN(Cc1ccccc1N1CCCCC1)C(=S)NC1CC1. The van der Waals surface area contributed by atoms with Crippen LogP contribution in [0.1, 0.15) is 37.7 Å². The van der Waals surface area contributed by atoms with Gasteiger partial charge in [0, 0.05) is 38.4 Å². The van der Waals surface area contributed by atoms with Crippen LogP contribution < -0.4 is 10.2 Å². The number of benzene rings is 1. The van der Waals surface area contributed by atoms with Gasteiger partial charge in [0.1, 0.15) is 0 Å². The van der Waals surface area contributed by atoms with Gasteiger partial charge in [-0.15, -0.1) is 0 Å². The number of hydrogen-bond donors (Lipinski definition) is 1. The van der Waals surface area contributed by atoms with Crippen molar-refractivity contribution >= 4 is 23.0 Å². The summed E-state index contributed by atoms with van der Waals surface area (Å²) in [6, 6.07) is 9.39. The molecule has 3 rings (SSSR count). The number of nitrogens with zero attached hydrogens (tertiary/aromatic N) is 2. The van der Waals surface area contributed by atoms with Crippen LogP contribution in [-0.4, -0.2) is 36.2 Å². The van der Waals surface area contributed by atoms with Crippen LogP contribution in [0, 0.1) is 0 Å². The minimum atomic E-state index is 0.622. The molecule has 3 nitrogen and oxygen atoms in total. The molecular weight excluding hydrogens is 278 g/mol. The Morgan fingerprint density at radius 3 is 2.67 bits per heavy atom. The van der Waals surface area contributed by atoms with E-state index in [0.29, 0.717) is 6.04 Å². The van der Waals surface area contributed by atoms with Crippen molar-refractivity contribution in [1.82, 2.24) is 10.2 Å². The lowest BCUT2D eigenvalue weighted by Gasteiger charge is -2.32. The summed E-state index contributed by atoms with van der Waals surface area (Å²) in [5.74, 6) is 0. The van der Waals surface area contributed by atoms with E-state index in [9.17, 15) is 0 Å². The van der Waals surface area contributed by atoms with Crippen molar-refractivity contribution in [3.63, 3.8) is 0 Å². The van der Waals surface area contributed by atoms with Crippen molar-refractivity contribution < 1.29 is 0 Å². The molecule has 1 saturated carbocycles. The van der Waals surface area contributed by atoms with E-state index in [0.717, 1.165) is 11.7 Å². The fourth-order valence-corrected chi connectivity index (χ4v) is 3.16. The summed E-state index contributed by atoms with van der Waals surface area (Å²) in [6.07, 6.45) is 6.52. The maximum atomic E-state index is 5.49. The van der Waals surface area contributed by atoms with Crippen LogP contribution in [0.2, 0.25) is 0 Å². The topological polar surface area (TPSA) is 18.5 Å². The van der Waals surface area contributed by atoms with Crippen molar-refractivity contribution in [3.05, 3.63) is 29.8 Å². The highest BCUT2D eigenvalue weighted by Gasteiger charge is 2.23. The Morgan fingerprint density at radius 1 is 1.24 bits per heavy atom. The average Bonchev–Trinajstić information content (AvgIpc) is 3.32. The molecule has 1 heterocycles. The first kappa shape index (κ1) is 14.6. The maximum absolute atomic E-state index is 5.49. The van der Waals surface area contributed by atoms with Crippen LogP contribution in [0.25, 0.3) is 0 Å². The summed E-state index contributed by atoms with van der Waals surface area (Å²) in [7, 11) is 2.09. The first-order chi connectivity index (χ1) is 10.2. The molecule has 1 aliphatic carbocycles. The summed E-state index contributed by atoms with van der Waals surface area (Å²) in [6.45, 7) is 3.25. The standard InChI is InChI=1S/C17H25N3S/c1-19(17(21)18-15-9-10-15)13-14-7-3-4-8-16(14)20-11-5-2-6-12-20/h3-4,7-8,15H,2,5-6,9-13H2,1H3,(H,18,21). The fraction of sp³-hybridized carbons (Fsp3) is 0.588. The quantitative estimate of drug-likeness (QED) is 0.861. The number of thiocarbonyl (C=S) groups is 1. The third-order valence-electron chi connectivity index (χ3n) is 4.35. The van der Waals surface area contributed by atoms with E-state index in [2.05, 4.69) is 46.4 Å². The Balaban J connectivity index is 1.67. The molecule has 0 spiro atoms. The zero-order valence-electron chi connectivity index (χ0n) is 12.8. The van der Waals surface area contributed by atoms with Gasteiger partial charge in [-0.1, -0.05) is 18.2 Å². The minimum Gasteiger partial charge on any atom is -0.371 e. The molecule has 0 unspecified atom stereocenters. The van der Waals surface area contributed by atoms with E-state index in [1.165, 1.54) is 56.4 Å². The van der Waals surface area contributed by atoms with E-state index in [1.807, 2.05) is 0 Å². The van der Waals surface area contributed by atoms with Gasteiger partial charge >= 0.3 is 0 Å². The first-order valence-electron chi connectivity index (χ1n) is 8.08. The Labute approximate surface area is 133 Å². The molecule has 0 radical (unpaired) electrons. The third-order valence-corrected chi connectivity index (χ3v) is 4.78. The maximum Gasteiger partial charge on any atom is 0.169 e. The second-order valence-electron chi connectivity index (χ2n) is 6.26. The van der Waals surface area contributed by atoms with Gasteiger partial charge in [0.2, 0.25) is 0 Å². The molecule has 1 aromatic rings. The molecule has 114 valence electrons. The Kier molecular flexibility index (Phi) is 4.63. The Hall–Kier alpha value is -1.29. The number of rotatable bonds is 4. The van der Waals surface area contributed by atoms with Gasteiger partial charge in [0.25, 0.3) is 0 Å². The van der Waals surface area contributed by atoms with Gasteiger partial charge in [-0.2, -0.15) is 0 Å². The molecule has 1 aliphatic heterocycles. The average molecular weight is 303 g/mol. The van der Waals surface area contributed by atoms with Gasteiger partial charge < -0.3 is 15.1 Å². The van der Waals surface area contributed by atoms with E-state index < -0.39 is 0 Å². The molecule has 1 saturated heterocycles. The Morgan fingerprint density at radius 2 is 1.95 bits per heavy atom. The second kappa shape index (κ2) is 6.65. The van der Waals surface area contributed by atoms with E-state index in [4.69, 9.17) is 12.2 Å². The molecule has 0 atom stereocenters. The number of nitrogens with one attached hydrogen (secondary N) is 1. The fourth-order valence-electron chi connectivity index (χ4n) is 2.93. The largest absolute Gasteiger partial charge is 0.371 e. The predicted molar refractivity (Wildman–Crippen MR) is 92.7 cm³/mol. The molecule has 0 bridgehead atoms. The summed E-state index contributed by atoms with van der Waals surface area (Å²) >= 11 is 5.49. The zero-order chi connectivity index (χ0) is 14.7. The molecule has 4 heteroatoms. The molecule has 2 fully saturated rings. The Bertz CT molecular complexity index is 493. The van der Waals surface area contributed by atoms with Crippen LogP contribution in [-0.2, 0) is 6.54 Å². The second-order valence-corrected chi connectivity index (χ2v) is 6.64. The monoisotopic (exact) mass is 303 g/mol. The predicted octanol–water partition coefficient (Wildman–Crippen LogP) is 3.15. The highest BCUT2D eigenvalue weighted by atomic mass is 32.1. The van der Waals surface area contributed by atoms with Gasteiger partial charge in [0.15, 0.2) is 5.11 Å². The lowest BCUT2D eigenvalue weighted by molar-refractivity contribution is 0.486. The van der Waals surface area contributed by atoms with Crippen LogP contribution in [0.4, 0.5) is 5.69 Å². The lowest BCUT2D eigenvalue weighted by Crippen LogP contribution is -2.38. The van der Waals surface area contributed by atoms with Crippen molar-refractivity contribution in [2.24, 2.45) is 0 Å². The van der Waals surface area contributed by atoms with Crippen LogP contribution in [0.5, 0.6) is 0 Å². The summed E-state index contributed by atoms with van der Waals surface area (Å²) < 4.78 is 0. The third kappa shape index (κ3) is 3.88. The van der Waals surface area contributed by atoms with Crippen LogP contribution in [0.3, 0.4) is 0 Å². The summed E-state index contributed by atoms with van der Waals surface area (Å²) in [4.78, 5) is 4.69. The van der Waals surface area contributed by atoms with Gasteiger partial charge in [0.05, 0.1) is 0 Å². The summed E-state index contributed by atoms with van der Waals surface area (Å²) in [5, 5.41) is 4.30. The molecule has 21 heavy (non-hydrogen) atoms. The van der Waals surface area contributed by atoms with Gasteiger partial charge in [-0.25, -0.2) is 0 Å². The minimum absolute atomic E-state index is 0.622. The highest BCUT2D eigenvalue weighted by molar-refractivity contribution is 7.80. The first-order valence-corrected chi connectivity index (χ1v) is 8.49. The van der Waals surface area contributed by atoms with Crippen molar-refractivity contribution in [2.45, 2.75) is 44.7 Å². The number of piperidine rings is 1.